The monoisotopic (exact) mass is 382 g/mol. The van der Waals surface area contributed by atoms with Gasteiger partial charge >= 0.3 is 0 Å². The highest BCUT2D eigenvalue weighted by Gasteiger charge is 2.44. The van der Waals surface area contributed by atoms with Gasteiger partial charge in [0.15, 0.2) is 5.78 Å². The highest BCUT2D eigenvalue weighted by atomic mass is 16.3. The van der Waals surface area contributed by atoms with Crippen LogP contribution in [-0.4, -0.2) is 32.1 Å². The van der Waals surface area contributed by atoms with Gasteiger partial charge in [-0.2, -0.15) is 0 Å². The Morgan fingerprint density at radius 3 is 2.46 bits per heavy atom. The zero-order valence-corrected chi connectivity index (χ0v) is 14.9. The number of primary amides is 1. The van der Waals surface area contributed by atoms with Gasteiger partial charge in [0.25, 0.3) is 5.91 Å². The van der Waals surface area contributed by atoms with Crippen molar-refractivity contribution >= 4 is 23.1 Å². The quantitative estimate of drug-likeness (QED) is 0.323. The molecule has 8 heteroatoms. The fraction of sp³-hybridized carbons (Fsp3) is 0.200. The Morgan fingerprint density at radius 1 is 1.14 bits per heavy atom. The van der Waals surface area contributed by atoms with Gasteiger partial charge in [0, 0.05) is 17.0 Å². The molecule has 0 aromatic heterocycles. The van der Waals surface area contributed by atoms with Crippen molar-refractivity contribution in [1.29, 1.82) is 0 Å². The molecule has 0 saturated heterocycles. The maximum atomic E-state index is 13.1. The van der Waals surface area contributed by atoms with Gasteiger partial charge in [0.1, 0.15) is 28.6 Å². The topological polar surface area (TPSA) is 167 Å². The van der Waals surface area contributed by atoms with Crippen molar-refractivity contribution < 1.29 is 30.0 Å². The van der Waals surface area contributed by atoms with Crippen molar-refractivity contribution in [2.24, 2.45) is 11.7 Å². The first-order chi connectivity index (χ1) is 13.1. The van der Waals surface area contributed by atoms with E-state index in [2.05, 4.69) is 0 Å². The van der Waals surface area contributed by atoms with Gasteiger partial charge in [-0.1, -0.05) is 13.0 Å². The normalized spacial score (nSPS) is 20.4. The largest absolute Gasteiger partial charge is 0.507 e. The van der Waals surface area contributed by atoms with Crippen LogP contribution in [0.2, 0.25) is 0 Å². The molecule has 8 N–H and O–H groups in total. The Labute approximate surface area is 159 Å². The molecule has 144 valence electrons. The average molecular weight is 382 g/mol. The number of hydrogen-bond acceptors (Lipinski definition) is 7. The molecule has 4 rings (SSSR count). The predicted octanol–water partition coefficient (Wildman–Crippen LogP) is 1.93. The second-order valence-corrected chi connectivity index (χ2v) is 7.12. The van der Waals surface area contributed by atoms with Crippen LogP contribution < -0.4 is 11.5 Å². The minimum atomic E-state index is -1.04. The van der Waals surface area contributed by atoms with E-state index in [0.29, 0.717) is 11.1 Å². The number of rotatable bonds is 1. The molecule has 0 heterocycles. The number of benzene rings is 2. The number of ketones is 1. The summed E-state index contributed by atoms with van der Waals surface area (Å²) in [6.07, 6.45) is -0.0298. The molecule has 8 nitrogen and oxygen atoms in total. The summed E-state index contributed by atoms with van der Waals surface area (Å²) in [7, 11) is 0. The number of amides is 1. The standard InChI is InChI=1S/C20H18N2O6/c1-6-7-2-3-11(21)19(27)14(7)18(26)10-4-8-9(16(24)13(6)10)5-12(23)15(17(8)25)20(22)28/h2-3,5-6,10,23-25,27H,4,21H2,1H3,(H2,22,28). The molecular weight excluding hydrogens is 364 g/mol. The molecular formula is C20H18N2O6. The molecule has 2 aromatic carbocycles. The molecule has 1 amide bonds. The molecule has 0 spiro atoms. The highest BCUT2D eigenvalue weighted by molar-refractivity contribution is 6.08. The van der Waals surface area contributed by atoms with Crippen molar-refractivity contribution in [2.45, 2.75) is 19.3 Å². The fourth-order valence-corrected chi connectivity index (χ4v) is 4.32. The number of hydrogen-bond donors (Lipinski definition) is 6. The van der Waals surface area contributed by atoms with Gasteiger partial charge < -0.3 is 31.9 Å². The zero-order chi connectivity index (χ0) is 20.5. The molecule has 0 fully saturated rings. The Balaban J connectivity index is 2.00. The van der Waals surface area contributed by atoms with Gasteiger partial charge in [-0.25, -0.2) is 0 Å². The third-order valence-electron chi connectivity index (χ3n) is 5.68. The summed E-state index contributed by atoms with van der Waals surface area (Å²) in [5.74, 6) is -4.46. The third-order valence-corrected chi connectivity index (χ3v) is 5.68. The molecule has 2 aromatic rings. The lowest BCUT2D eigenvalue weighted by Crippen LogP contribution is -2.33. The number of carbonyl (C=O) groups is 2. The predicted molar refractivity (Wildman–Crippen MR) is 100 cm³/mol. The number of carbonyl (C=O) groups excluding carboxylic acids is 2. The van der Waals surface area contributed by atoms with Gasteiger partial charge in [-0.3, -0.25) is 9.59 Å². The smallest absolute Gasteiger partial charge is 0.256 e. The second kappa shape index (κ2) is 5.66. The van der Waals surface area contributed by atoms with E-state index in [1.165, 1.54) is 6.07 Å². The molecule has 0 bridgehead atoms. The number of anilines is 1. The molecule has 2 atom stereocenters. The average Bonchev–Trinajstić information content (AvgIpc) is 2.62. The van der Waals surface area contributed by atoms with Crippen LogP contribution >= 0.6 is 0 Å². The molecule has 0 radical (unpaired) electrons. The Hall–Kier alpha value is -3.68. The summed E-state index contributed by atoms with van der Waals surface area (Å²) in [5, 5.41) is 41.7. The van der Waals surface area contributed by atoms with E-state index in [9.17, 15) is 30.0 Å². The van der Waals surface area contributed by atoms with E-state index in [4.69, 9.17) is 11.5 Å². The van der Waals surface area contributed by atoms with Crippen LogP contribution in [0.3, 0.4) is 0 Å². The minimum Gasteiger partial charge on any atom is -0.507 e. The van der Waals surface area contributed by atoms with E-state index in [0.717, 1.165) is 6.07 Å². The van der Waals surface area contributed by atoms with Gasteiger partial charge in [-0.05, 0) is 29.7 Å². The summed E-state index contributed by atoms with van der Waals surface area (Å²) >= 11 is 0. The molecule has 0 aliphatic heterocycles. The number of nitrogen functional groups attached to an aromatic ring is 1. The first-order valence-corrected chi connectivity index (χ1v) is 8.61. The summed E-state index contributed by atoms with van der Waals surface area (Å²) < 4.78 is 0. The summed E-state index contributed by atoms with van der Waals surface area (Å²) in [6, 6.07) is 4.27. The van der Waals surface area contributed by atoms with Gasteiger partial charge in [-0.15, -0.1) is 0 Å². The Kier molecular flexibility index (Phi) is 3.58. The van der Waals surface area contributed by atoms with E-state index in [1.54, 1.807) is 13.0 Å². The van der Waals surface area contributed by atoms with Crippen molar-refractivity contribution in [3.8, 4) is 17.2 Å². The van der Waals surface area contributed by atoms with Crippen molar-refractivity contribution in [1.82, 2.24) is 0 Å². The second-order valence-electron chi connectivity index (χ2n) is 7.12. The summed E-state index contributed by atoms with van der Waals surface area (Å²) in [5.41, 5.74) is 11.8. The fourth-order valence-electron chi connectivity index (χ4n) is 4.32. The summed E-state index contributed by atoms with van der Waals surface area (Å²) in [6.45, 7) is 1.78. The lowest BCUT2D eigenvalue weighted by molar-refractivity contribution is 0.0921. The number of phenolic OH excluding ortho intramolecular Hbond substituents is 1. The zero-order valence-electron chi connectivity index (χ0n) is 14.9. The molecule has 2 aliphatic carbocycles. The maximum Gasteiger partial charge on any atom is 0.256 e. The van der Waals surface area contributed by atoms with Crippen LogP contribution in [-0.2, 0) is 6.42 Å². The van der Waals surface area contributed by atoms with Crippen molar-refractivity contribution in [2.75, 3.05) is 5.73 Å². The number of phenols is 3. The lowest BCUT2D eigenvalue weighted by atomic mass is 9.66. The van der Waals surface area contributed by atoms with Gasteiger partial charge in [0.2, 0.25) is 0 Å². The minimum absolute atomic E-state index is 0.0298. The van der Waals surface area contributed by atoms with E-state index < -0.39 is 40.6 Å². The van der Waals surface area contributed by atoms with E-state index in [1.807, 2.05) is 0 Å². The molecule has 2 unspecified atom stereocenters. The van der Waals surface area contributed by atoms with Crippen LogP contribution in [0.5, 0.6) is 17.2 Å². The van der Waals surface area contributed by atoms with Crippen molar-refractivity contribution in [3.63, 3.8) is 0 Å². The molecule has 28 heavy (non-hydrogen) atoms. The molecule has 2 aliphatic rings. The first-order valence-electron chi connectivity index (χ1n) is 8.61. The van der Waals surface area contributed by atoms with Crippen LogP contribution in [0.1, 0.15) is 50.2 Å². The third kappa shape index (κ3) is 2.11. The number of aliphatic hydroxyl groups excluding tert-OH is 1. The number of aliphatic hydroxyl groups is 1. The van der Waals surface area contributed by atoms with Crippen LogP contribution in [0.4, 0.5) is 5.69 Å². The lowest BCUT2D eigenvalue weighted by Gasteiger charge is -2.36. The number of nitrogens with two attached hydrogens (primary N) is 2. The van der Waals surface area contributed by atoms with Crippen LogP contribution in [0.15, 0.2) is 23.8 Å². The van der Waals surface area contributed by atoms with Crippen LogP contribution in [0, 0.1) is 5.92 Å². The Morgan fingerprint density at radius 2 is 1.82 bits per heavy atom. The Bertz CT molecular complexity index is 1120. The molecule has 0 saturated carbocycles. The highest BCUT2D eigenvalue weighted by Crippen LogP contribution is 2.51. The SMILES string of the molecule is CC1C2=C(O)c3cc(O)c(C(N)=O)c(O)c3CC2C(=O)c2c1ccc(N)c2O. The van der Waals surface area contributed by atoms with Crippen LogP contribution in [0.25, 0.3) is 5.76 Å². The summed E-state index contributed by atoms with van der Waals surface area (Å²) in [4.78, 5) is 24.7. The van der Waals surface area contributed by atoms with E-state index >= 15 is 0 Å². The number of Topliss-reactive ketones (excluding diaryl/α,β-unsaturated/α-hetero) is 1. The first kappa shape index (κ1) is 17.7. The number of allylic oxidation sites excluding steroid dienone is 1. The van der Waals surface area contributed by atoms with Gasteiger partial charge in [0.05, 0.1) is 17.2 Å². The van der Waals surface area contributed by atoms with E-state index in [-0.39, 0.29) is 40.3 Å². The number of fused-ring (bicyclic) bond motifs is 3. The maximum absolute atomic E-state index is 13.1. The van der Waals surface area contributed by atoms with Crippen molar-refractivity contribution in [3.05, 3.63) is 51.6 Å². The number of aromatic hydroxyl groups is 3.